The molecule has 0 aromatic heterocycles. The lowest BCUT2D eigenvalue weighted by molar-refractivity contribution is 0.911. The maximum Gasteiger partial charge on any atom is 0.0146 e. The van der Waals surface area contributed by atoms with Gasteiger partial charge in [-0.3, -0.25) is 0 Å². The van der Waals surface area contributed by atoms with Crippen LogP contribution in [0.4, 0.5) is 0 Å². The van der Waals surface area contributed by atoms with Gasteiger partial charge in [0.05, 0.1) is 0 Å². The molecule has 0 unspecified atom stereocenters. The van der Waals surface area contributed by atoms with Gasteiger partial charge in [0.15, 0.2) is 0 Å². The van der Waals surface area contributed by atoms with Crippen LogP contribution in [0.5, 0.6) is 0 Å². The number of fused-ring (bicyclic) bond motifs is 8. The van der Waals surface area contributed by atoms with Crippen molar-refractivity contribution in [2.45, 2.75) is 19.3 Å². The first-order valence-electron chi connectivity index (χ1n) is 7.60. The third-order valence-electron chi connectivity index (χ3n) is 3.57. The maximum atomic E-state index is 3.14. The molecule has 23 heavy (non-hydrogen) atoms. The Hall–Kier alpha value is -3.32. The first-order chi connectivity index (χ1) is 11.4. The highest BCUT2D eigenvalue weighted by atomic mass is 14.1. The van der Waals surface area contributed by atoms with Crippen molar-refractivity contribution < 1.29 is 0 Å². The predicted octanol–water partition coefficient (Wildman–Crippen LogP) is 4.54. The van der Waals surface area contributed by atoms with Gasteiger partial charge >= 0.3 is 0 Å². The van der Waals surface area contributed by atoms with E-state index < -0.39 is 0 Å². The molecular weight excluding hydrogens is 276 g/mol. The van der Waals surface area contributed by atoms with E-state index in [1.807, 2.05) is 24.3 Å². The number of hydrogen-bond donors (Lipinski definition) is 0. The van der Waals surface area contributed by atoms with E-state index >= 15 is 0 Å². The second kappa shape index (κ2) is 7.62. The Labute approximate surface area is 138 Å². The molecule has 0 radical (unpaired) electrons. The van der Waals surface area contributed by atoms with Gasteiger partial charge in [0.2, 0.25) is 0 Å². The third kappa shape index (κ3) is 4.32. The fourth-order valence-electron chi connectivity index (χ4n) is 2.38. The van der Waals surface area contributed by atoms with E-state index in [2.05, 4.69) is 72.8 Å². The van der Waals surface area contributed by atoms with Gasteiger partial charge in [-0.25, -0.2) is 0 Å². The lowest BCUT2D eigenvalue weighted by Gasteiger charge is -1.86. The second-order valence-corrected chi connectivity index (χ2v) is 5.18. The first kappa shape index (κ1) is 14.6. The minimum absolute atomic E-state index is 0.994. The Balaban J connectivity index is 2.08. The van der Waals surface area contributed by atoms with Crippen molar-refractivity contribution in [2.75, 3.05) is 0 Å². The summed E-state index contributed by atoms with van der Waals surface area (Å²) in [5.74, 6) is 0. The van der Waals surface area contributed by atoms with Crippen molar-refractivity contribution in [2.24, 2.45) is 0 Å². The van der Waals surface area contributed by atoms with Crippen LogP contribution >= 0.6 is 0 Å². The summed E-state index contributed by atoms with van der Waals surface area (Å²) in [6.07, 6.45) is 3.10. The minimum atomic E-state index is 0.994. The van der Waals surface area contributed by atoms with Gasteiger partial charge in [0.1, 0.15) is 0 Å². The molecule has 0 heterocycles. The maximum absolute atomic E-state index is 3.14. The van der Waals surface area contributed by atoms with Crippen LogP contribution in [0.15, 0.2) is 48.5 Å². The summed E-state index contributed by atoms with van der Waals surface area (Å²) in [5, 5.41) is 2.23. The van der Waals surface area contributed by atoms with Gasteiger partial charge in [0.25, 0.3) is 0 Å². The zero-order valence-electron chi connectivity index (χ0n) is 12.7. The summed E-state index contributed by atoms with van der Waals surface area (Å²) in [6.45, 7) is 0. The van der Waals surface area contributed by atoms with Crippen molar-refractivity contribution in [3.63, 3.8) is 0 Å². The SMILES string of the molecule is c1c#cc2c(c#cc#cccc3ccc(ccc#1)cc3)CCC2. The second-order valence-electron chi connectivity index (χ2n) is 5.18. The highest BCUT2D eigenvalue weighted by Crippen LogP contribution is 2.15. The molecule has 0 aliphatic heterocycles. The Morgan fingerprint density at radius 2 is 1.04 bits per heavy atom. The van der Waals surface area contributed by atoms with Crippen molar-refractivity contribution >= 4 is 10.8 Å². The van der Waals surface area contributed by atoms with Crippen LogP contribution < -0.4 is 0 Å². The minimum Gasteiger partial charge on any atom is -0.0608 e. The lowest BCUT2D eigenvalue weighted by atomic mass is 10.2. The normalized spacial score (nSPS) is 10.4. The van der Waals surface area contributed by atoms with E-state index in [1.165, 1.54) is 0 Å². The first-order valence-corrected chi connectivity index (χ1v) is 7.60. The van der Waals surface area contributed by atoms with Crippen LogP contribution in [-0.4, -0.2) is 0 Å². The van der Waals surface area contributed by atoms with Gasteiger partial charge in [-0.1, -0.05) is 48.5 Å². The van der Waals surface area contributed by atoms with Crippen LogP contribution in [0.3, 0.4) is 0 Å². The van der Waals surface area contributed by atoms with Crippen molar-refractivity contribution in [1.82, 2.24) is 0 Å². The number of benzene rings is 1. The molecule has 1 aliphatic rings. The Bertz CT molecular complexity index is 727. The molecule has 4 rings (SSSR count). The summed E-state index contributed by atoms with van der Waals surface area (Å²) < 4.78 is 0. The molecule has 1 aliphatic carbocycles. The standard InChI is InChI=1S/C23H14/c1-3-7-12-22-14-9-15-23(22)13-8-4-2-6-11-21-18-16-20(10-5-1)17-19-21/h5-6,10-11,16-19H,9,14-15H2. The van der Waals surface area contributed by atoms with Gasteiger partial charge in [-0.2, -0.15) is 0 Å². The summed E-state index contributed by atoms with van der Waals surface area (Å²) in [6, 6.07) is 39.6. The van der Waals surface area contributed by atoms with Gasteiger partial charge in [-0.05, 0) is 78.6 Å². The summed E-state index contributed by atoms with van der Waals surface area (Å²) in [5.41, 5.74) is 2.23. The Kier molecular flexibility index (Phi) is 4.84. The summed E-state index contributed by atoms with van der Waals surface area (Å²) in [7, 11) is 0. The van der Waals surface area contributed by atoms with Crippen LogP contribution in [0.25, 0.3) is 10.8 Å². The average molecular weight is 290 g/mol. The Morgan fingerprint density at radius 3 is 1.52 bits per heavy atom. The number of hydrogen-bond acceptors (Lipinski definition) is 0. The largest absolute Gasteiger partial charge is 0.0608 e. The van der Waals surface area contributed by atoms with E-state index in [-0.39, 0.29) is 0 Å². The zero-order chi connectivity index (χ0) is 15.7. The molecule has 3 aromatic rings. The van der Waals surface area contributed by atoms with Crippen LogP contribution in [0, 0.1) is 48.5 Å². The topological polar surface area (TPSA) is 0 Å². The molecule has 0 nitrogen and oxygen atoms in total. The molecule has 0 saturated carbocycles. The molecular formula is C23H14. The number of rotatable bonds is 0. The summed E-state index contributed by atoms with van der Waals surface area (Å²) in [4.78, 5) is 0. The van der Waals surface area contributed by atoms with Crippen molar-refractivity contribution in [3.05, 3.63) is 108 Å². The molecule has 0 atom stereocenters. The zero-order valence-corrected chi connectivity index (χ0v) is 12.7. The molecule has 106 valence electrons. The van der Waals surface area contributed by atoms with E-state index in [9.17, 15) is 0 Å². The molecule has 0 fully saturated rings. The summed E-state index contributed by atoms with van der Waals surface area (Å²) >= 11 is 0. The molecule has 0 heteroatoms. The molecule has 0 N–H and O–H groups in total. The lowest BCUT2D eigenvalue weighted by Crippen LogP contribution is -1.71. The quantitative estimate of drug-likeness (QED) is 0.668. The van der Waals surface area contributed by atoms with Crippen LogP contribution in [0.2, 0.25) is 0 Å². The van der Waals surface area contributed by atoms with Gasteiger partial charge < -0.3 is 0 Å². The smallest absolute Gasteiger partial charge is 0.0146 e. The van der Waals surface area contributed by atoms with Crippen LogP contribution in [-0.2, 0) is 12.8 Å². The molecule has 0 saturated heterocycles. The van der Waals surface area contributed by atoms with Crippen molar-refractivity contribution in [1.29, 1.82) is 0 Å². The molecule has 3 aromatic carbocycles. The third-order valence-corrected chi connectivity index (χ3v) is 3.57. The van der Waals surface area contributed by atoms with E-state index in [0.29, 0.717) is 0 Å². The average Bonchev–Trinajstić information content (AvgIpc) is 3.02. The highest BCUT2D eigenvalue weighted by Gasteiger charge is 2.07. The molecule has 0 amide bonds. The van der Waals surface area contributed by atoms with Crippen molar-refractivity contribution in [3.8, 4) is 0 Å². The fourth-order valence-corrected chi connectivity index (χ4v) is 2.38. The van der Waals surface area contributed by atoms with Gasteiger partial charge in [0, 0.05) is 11.1 Å². The van der Waals surface area contributed by atoms with E-state index in [0.717, 1.165) is 41.2 Å². The van der Waals surface area contributed by atoms with E-state index in [1.54, 1.807) is 0 Å². The predicted molar refractivity (Wildman–Crippen MR) is 90.7 cm³/mol. The Morgan fingerprint density at radius 1 is 0.565 bits per heavy atom. The molecule has 2 bridgehead atoms. The highest BCUT2D eigenvalue weighted by molar-refractivity contribution is 5.62. The van der Waals surface area contributed by atoms with Gasteiger partial charge in [-0.15, -0.1) is 0 Å². The monoisotopic (exact) mass is 290 g/mol. The molecule has 0 spiro atoms. The fraction of sp³-hybridized carbons (Fsp3) is 0.130. The van der Waals surface area contributed by atoms with E-state index in [4.69, 9.17) is 0 Å². The van der Waals surface area contributed by atoms with Crippen LogP contribution in [0.1, 0.15) is 17.5 Å².